The van der Waals surface area contributed by atoms with Gasteiger partial charge in [0.25, 0.3) is 0 Å². The first-order chi connectivity index (χ1) is 11.3. The predicted octanol–water partition coefficient (Wildman–Crippen LogP) is 3.20. The number of carbonyl (C=O) groups excluding carboxylic acids is 1. The van der Waals surface area contributed by atoms with Crippen molar-refractivity contribution in [2.75, 3.05) is 32.7 Å². The second-order valence-electron chi connectivity index (χ2n) is 7.76. The highest BCUT2D eigenvalue weighted by Crippen LogP contribution is 2.30. The summed E-state index contributed by atoms with van der Waals surface area (Å²) in [6.45, 7) is 4.87. The molecule has 0 aromatic carbocycles. The average Bonchev–Trinajstić information content (AvgIpc) is 2.86. The van der Waals surface area contributed by atoms with Crippen molar-refractivity contribution in [1.82, 2.24) is 15.1 Å². The Bertz CT molecular complexity index is 342. The molecule has 1 heterocycles. The van der Waals surface area contributed by atoms with Crippen LogP contribution >= 0.6 is 12.4 Å². The van der Waals surface area contributed by atoms with Gasteiger partial charge >= 0.3 is 0 Å². The van der Waals surface area contributed by atoms with Gasteiger partial charge in [-0.05, 0) is 45.2 Å². The Kier molecular flexibility index (Phi) is 8.85. The maximum atomic E-state index is 13.2. The fourth-order valence-corrected chi connectivity index (χ4v) is 4.76. The van der Waals surface area contributed by atoms with Crippen molar-refractivity contribution in [1.29, 1.82) is 0 Å². The molecule has 1 saturated heterocycles. The third-order valence-corrected chi connectivity index (χ3v) is 6.02. The van der Waals surface area contributed by atoms with Crippen LogP contribution in [-0.4, -0.2) is 60.5 Å². The van der Waals surface area contributed by atoms with E-state index in [4.69, 9.17) is 0 Å². The van der Waals surface area contributed by atoms with E-state index in [1.54, 1.807) is 0 Å². The number of hydrogen-bond acceptors (Lipinski definition) is 3. The van der Waals surface area contributed by atoms with Crippen molar-refractivity contribution < 1.29 is 4.79 Å². The summed E-state index contributed by atoms with van der Waals surface area (Å²) in [6, 6.07) is 1.06. The Labute approximate surface area is 154 Å². The molecular weight excluding hydrogens is 322 g/mol. The van der Waals surface area contributed by atoms with Crippen LogP contribution in [0.2, 0.25) is 0 Å². The molecule has 2 aliphatic carbocycles. The van der Waals surface area contributed by atoms with Crippen molar-refractivity contribution in [3.8, 4) is 0 Å². The Morgan fingerprint density at radius 1 is 0.833 bits per heavy atom. The first-order valence-electron chi connectivity index (χ1n) is 10.1. The summed E-state index contributed by atoms with van der Waals surface area (Å²) < 4.78 is 0. The molecule has 3 rings (SSSR count). The van der Waals surface area contributed by atoms with Crippen LogP contribution < -0.4 is 5.32 Å². The molecule has 0 aromatic heterocycles. The summed E-state index contributed by atoms with van der Waals surface area (Å²) in [6.07, 6.45) is 14.1. The van der Waals surface area contributed by atoms with Gasteiger partial charge in [0.1, 0.15) is 0 Å². The van der Waals surface area contributed by atoms with E-state index in [1.165, 1.54) is 70.6 Å². The van der Waals surface area contributed by atoms with Gasteiger partial charge in [-0.2, -0.15) is 0 Å². The lowest BCUT2D eigenvalue weighted by molar-refractivity contribution is -0.139. The molecule has 0 radical (unpaired) electrons. The standard InChI is InChI=1S/C19H35N3O.ClH/c23-19(16-21-14-7-12-20-13-15-21)22(17-8-3-1-4-9-17)18-10-5-2-6-11-18;/h17-18,20H,1-16H2;1H. The van der Waals surface area contributed by atoms with Crippen LogP contribution in [0.25, 0.3) is 0 Å². The maximum Gasteiger partial charge on any atom is 0.237 e. The van der Waals surface area contributed by atoms with Crippen molar-refractivity contribution in [3.63, 3.8) is 0 Å². The van der Waals surface area contributed by atoms with Crippen LogP contribution in [0.4, 0.5) is 0 Å². The third-order valence-electron chi connectivity index (χ3n) is 6.02. The zero-order valence-electron chi connectivity index (χ0n) is 15.2. The van der Waals surface area contributed by atoms with E-state index >= 15 is 0 Å². The molecule has 5 heteroatoms. The van der Waals surface area contributed by atoms with Crippen molar-refractivity contribution in [3.05, 3.63) is 0 Å². The van der Waals surface area contributed by atoms with Gasteiger partial charge in [0, 0.05) is 25.2 Å². The van der Waals surface area contributed by atoms with E-state index in [0.29, 0.717) is 24.5 Å². The Balaban J connectivity index is 0.00000208. The number of hydrogen-bond donors (Lipinski definition) is 1. The highest BCUT2D eigenvalue weighted by atomic mass is 35.5. The van der Waals surface area contributed by atoms with Crippen LogP contribution in [0.15, 0.2) is 0 Å². The van der Waals surface area contributed by atoms with Gasteiger partial charge in [0.15, 0.2) is 0 Å². The smallest absolute Gasteiger partial charge is 0.237 e. The fourth-order valence-electron chi connectivity index (χ4n) is 4.76. The molecular formula is C19H36ClN3O. The van der Waals surface area contributed by atoms with E-state index in [0.717, 1.165) is 26.2 Å². The molecule has 0 bridgehead atoms. The van der Waals surface area contributed by atoms with Gasteiger partial charge in [-0.25, -0.2) is 0 Å². The molecule has 1 N–H and O–H groups in total. The first kappa shape index (κ1) is 20.0. The summed E-state index contributed by atoms with van der Waals surface area (Å²) in [7, 11) is 0. The lowest BCUT2D eigenvalue weighted by Crippen LogP contribution is -2.52. The number of carbonyl (C=O) groups is 1. The summed E-state index contributed by atoms with van der Waals surface area (Å²) in [5, 5.41) is 3.44. The molecule has 140 valence electrons. The zero-order valence-corrected chi connectivity index (χ0v) is 16.0. The molecule has 3 aliphatic rings. The van der Waals surface area contributed by atoms with E-state index in [-0.39, 0.29) is 12.4 Å². The van der Waals surface area contributed by atoms with Gasteiger partial charge in [-0.15, -0.1) is 12.4 Å². The molecule has 4 nitrogen and oxygen atoms in total. The summed E-state index contributed by atoms with van der Waals surface area (Å²) >= 11 is 0. The summed E-state index contributed by atoms with van der Waals surface area (Å²) in [5.41, 5.74) is 0. The zero-order chi connectivity index (χ0) is 15.9. The normalized spacial score (nSPS) is 24.8. The molecule has 24 heavy (non-hydrogen) atoms. The number of amides is 1. The lowest BCUT2D eigenvalue weighted by Gasteiger charge is -2.42. The van der Waals surface area contributed by atoms with Gasteiger partial charge in [0.05, 0.1) is 6.54 Å². The topological polar surface area (TPSA) is 35.6 Å². The van der Waals surface area contributed by atoms with Gasteiger partial charge in [0.2, 0.25) is 5.91 Å². The molecule has 0 atom stereocenters. The van der Waals surface area contributed by atoms with Gasteiger partial charge in [-0.1, -0.05) is 38.5 Å². The molecule has 2 saturated carbocycles. The van der Waals surface area contributed by atoms with E-state index in [9.17, 15) is 4.79 Å². The molecule has 1 aliphatic heterocycles. The van der Waals surface area contributed by atoms with E-state index in [2.05, 4.69) is 15.1 Å². The highest BCUT2D eigenvalue weighted by molar-refractivity contribution is 5.85. The number of nitrogens with one attached hydrogen (secondary N) is 1. The lowest BCUT2D eigenvalue weighted by atomic mass is 9.88. The fraction of sp³-hybridized carbons (Fsp3) is 0.947. The molecule has 0 unspecified atom stereocenters. The van der Waals surface area contributed by atoms with Crippen LogP contribution in [0.5, 0.6) is 0 Å². The predicted molar refractivity (Wildman–Crippen MR) is 102 cm³/mol. The number of halogens is 1. The Morgan fingerprint density at radius 2 is 1.42 bits per heavy atom. The van der Waals surface area contributed by atoms with Crippen LogP contribution in [0.3, 0.4) is 0 Å². The molecule has 0 aromatic rings. The molecule has 0 spiro atoms. The minimum atomic E-state index is 0. The van der Waals surface area contributed by atoms with Crippen molar-refractivity contribution in [2.24, 2.45) is 0 Å². The Hall–Kier alpha value is -0.320. The summed E-state index contributed by atoms with van der Waals surface area (Å²) in [5.74, 6) is 0.422. The Morgan fingerprint density at radius 3 is 2.00 bits per heavy atom. The minimum Gasteiger partial charge on any atom is -0.336 e. The second kappa shape index (κ2) is 10.6. The highest BCUT2D eigenvalue weighted by Gasteiger charge is 2.32. The van der Waals surface area contributed by atoms with Crippen LogP contribution in [0.1, 0.15) is 70.6 Å². The molecule has 3 fully saturated rings. The quantitative estimate of drug-likeness (QED) is 0.839. The monoisotopic (exact) mass is 357 g/mol. The SMILES string of the molecule is Cl.O=C(CN1CCCNCC1)N(C1CCCCC1)C1CCCCC1. The third kappa shape index (κ3) is 5.60. The number of nitrogens with zero attached hydrogens (tertiary/aromatic N) is 2. The van der Waals surface area contributed by atoms with Crippen LogP contribution in [0, 0.1) is 0 Å². The molecule has 1 amide bonds. The minimum absolute atomic E-state index is 0. The average molecular weight is 358 g/mol. The van der Waals surface area contributed by atoms with Gasteiger partial charge in [-0.3, -0.25) is 9.69 Å². The van der Waals surface area contributed by atoms with E-state index in [1.807, 2.05) is 0 Å². The van der Waals surface area contributed by atoms with Crippen molar-refractivity contribution >= 4 is 18.3 Å². The van der Waals surface area contributed by atoms with Gasteiger partial charge < -0.3 is 10.2 Å². The van der Waals surface area contributed by atoms with Crippen LogP contribution in [-0.2, 0) is 4.79 Å². The second-order valence-corrected chi connectivity index (χ2v) is 7.76. The maximum absolute atomic E-state index is 13.2. The summed E-state index contributed by atoms with van der Waals surface area (Å²) in [4.78, 5) is 17.9. The van der Waals surface area contributed by atoms with Crippen molar-refractivity contribution in [2.45, 2.75) is 82.7 Å². The largest absolute Gasteiger partial charge is 0.336 e. The first-order valence-corrected chi connectivity index (χ1v) is 10.1. The number of rotatable bonds is 4. The van der Waals surface area contributed by atoms with E-state index < -0.39 is 0 Å².